The Morgan fingerprint density at radius 1 is 1.31 bits per heavy atom. The highest BCUT2D eigenvalue weighted by atomic mass is 127. The molecule has 0 aromatic carbocycles. The first kappa shape index (κ1) is 8.68. The largest absolute Gasteiger partial charge is 0.352 e. The Hall–Kier alpha value is 0.390. The molecule has 2 aliphatic heterocycles. The summed E-state index contributed by atoms with van der Waals surface area (Å²) in [6, 6.07) is 0. The van der Waals surface area contributed by atoms with Gasteiger partial charge in [0, 0.05) is 5.92 Å². The van der Waals surface area contributed by atoms with Crippen LogP contribution in [0.2, 0.25) is 0 Å². The lowest BCUT2D eigenvalue weighted by Crippen LogP contribution is -2.14. The summed E-state index contributed by atoms with van der Waals surface area (Å²) in [7, 11) is 0. The SMILES string of the molecule is I/C=C1\C[C@@H]2[C@@H]3CCO[C@@H]3O[C@@H]2C1. The monoisotopic (exact) mass is 292 g/mol. The van der Waals surface area contributed by atoms with Crippen molar-refractivity contribution in [2.75, 3.05) is 6.61 Å². The van der Waals surface area contributed by atoms with Gasteiger partial charge in [0.15, 0.2) is 6.29 Å². The van der Waals surface area contributed by atoms with E-state index in [1.165, 1.54) is 12.8 Å². The molecule has 13 heavy (non-hydrogen) atoms. The molecule has 0 amide bonds. The third-order valence-electron chi connectivity index (χ3n) is 3.53. The van der Waals surface area contributed by atoms with Crippen molar-refractivity contribution in [1.82, 2.24) is 0 Å². The summed E-state index contributed by atoms with van der Waals surface area (Å²) in [4.78, 5) is 0. The van der Waals surface area contributed by atoms with Crippen LogP contribution >= 0.6 is 22.6 Å². The summed E-state index contributed by atoms with van der Waals surface area (Å²) in [6.07, 6.45) is 4.21. The van der Waals surface area contributed by atoms with Crippen LogP contribution in [-0.2, 0) is 9.47 Å². The summed E-state index contributed by atoms with van der Waals surface area (Å²) in [5.41, 5.74) is 1.57. The fraction of sp³-hybridized carbons (Fsp3) is 0.800. The van der Waals surface area contributed by atoms with Gasteiger partial charge in [-0.1, -0.05) is 28.2 Å². The number of fused-ring (bicyclic) bond motifs is 3. The van der Waals surface area contributed by atoms with Gasteiger partial charge in [0.2, 0.25) is 0 Å². The molecule has 0 unspecified atom stereocenters. The topological polar surface area (TPSA) is 18.5 Å². The van der Waals surface area contributed by atoms with E-state index in [1.807, 2.05) is 0 Å². The molecular weight excluding hydrogens is 279 g/mol. The Labute approximate surface area is 91.8 Å². The third-order valence-corrected chi connectivity index (χ3v) is 4.42. The van der Waals surface area contributed by atoms with E-state index in [4.69, 9.17) is 9.47 Å². The Kier molecular flexibility index (Phi) is 2.14. The molecule has 0 aromatic heterocycles. The van der Waals surface area contributed by atoms with Crippen molar-refractivity contribution in [2.24, 2.45) is 11.8 Å². The molecule has 2 nitrogen and oxygen atoms in total. The van der Waals surface area contributed by atoms with Crippen molar-refractivity contribution >= 4 is 22.6 Å². The predicted molar refractivity (Wildman–Crippen MR) is 57.5 cm³/mol. The fourth-order valence-electron chi connectivity index (χ4n) is 2.90. The summed E-state index contributed by atoms with van der Waals surface area (Å²) in [5, 5.41) is 0. The van der Waals surface area contributed by atoms with E-state index < -0.39 is 0 Å². The van der Waals surface area contributed by atoms with E-state index in [-0.39, 0.29) is 6.29 Å². The Bertz CT molecular complexity index is 251. The molecule has 0 spiro atoms. The molecule has 3 aliphatic rings. The molecule has 1 saturated carbocycles. The molecule has 3 fully saturated rings. The van der Waals surface area contributed by atoms with E-state index in [1.54, 1.807) is 5.57 Å². The van der Waals surface area contributed by atoms with Gasteiger partial charge in [-0.25, -0.2) is 0 Å². The Morgan fingerprint density at radius 3 is 3.08 bits per heavy atom. The highest BCUT2D eigenvalue weighted by Gasteiger charge is 2.50. The van der Waals surface area contributed by atoms with Crippen molar-refractivity contribution in [3.63, 3.8) is 0 Å². The molecular formula is C10H13IO2. The third kappa shape index (κ3) is 1.27. The van der Waals surface area contributed by atoms with Gasteiger partial charge in [-0.15, -0.1) is 0 Å². The van der Waals surface area contributed by atoms with Crippen LogP contribution in [0.15, 0.2) is 9.66 Å². The maximum absolute atomic E-state index is 5.87. The second kappa shape index (κ2) is 3.21. The van der Waals surface area contributed by atoms with Crippen LogP contribution in [0.5, 0.6) is 0 Å². The quantitative estimate of drug-likeness (QED) is 0.639. The van der Waals surface area contributed by atoms with Crippen LogP contribution < -0.4 is 0 Å². The van der Waals surface area contributed by atoms with Crippen molar-refractivity contribution in [2.45, 2.75) is 31.7 Å². The Balaban J connectivity index is 1.80. The molecule has 1 aliphatic carbocycles. The fourth-order valence-corrected chi connectivity index (χ4v) is 3.41. The van der Waals surface area contributed by atoms with Crippen LogP contribution in [0.4, 0.5) is 0 Å². The van der Waals surface area contributed by atoms with E-state index in [2.05, 4.69) is 26.7 Å². The minimum atomic E-state index is 0.144. The maximum Gasteiger partial charge on any atom is 0.161 e. The molecule has 2 heterocycles. The molecule has 2 saturated heterocycles. The summed E-state index contributed by atoms with van der Waals surface area (Å²) >= 11 is 2.34. The molecule has 3 heteroatoms. The number of rotatable bonds is 0. The summed E-state index contributed by atoms with van der Waals surface area (Å²) in [6.45, 7) is 0.905. The molecule has 4 atom stereocenters. The predicted octanol–water partition coefficient (Wildman–Crippen LogP) is 2.48. The normalized spacial score (nSPS) is 51.3. The highest BCUT2D eigenvalue weighted by Crippen LogP contribution is 2.49. The molecule has 3 rings (SSSR count). The lowest BCUT2D eigenvalue weighted by Gasteiger charge is -2.11. The van der Waals surface area contributed by atoms with E-state index >= 15 is 0 Å². The second-order valence-corrected chi connectivity index (χ2v) is 4.83. The number of hydrogen-bond acceptors (Lipinski definition) is 2. The second-order valence-electron chi connectivity index (χ2n) is 4.21. The van der Waals surface area contributed by atoms with Crippen LogP contribution in [0.3, 0.4) is 0 Å². The average Bonchev–Trinajstić information content (AvgIpc) is 2.72. The van der Waals surface area contributed by atoms with E-state index in [9.17, 15) is 0 Å². The van der Waals surface area contributed by atoms with Crippen molar-refractivity contribution in [3.05, 3.63) is 9.66 Å². The smallest absolute Gasteiger partial charge is 0.161 e. The van der Waals surface area contributed by atoms with Crippen molar-refractivity contribution < 1.29 is 9.47 Å². The number of hydrogen-bond donors (Lipinski definition) is 0. The minimum Gasteiger partial charge on any atom is -0.352 e. The molecule has 72 valence electrons. The highest BCUT2D eigenvalue weighted by molar-refractivity contribution is 14.1. The van der Waals surface area contributed by atoms with Gasteiger partial charge in [-0.2, -0.15) is 0 Å². The molecule has 0 N–H and O–H groups in total. The minimum absolute atomic E-state index is 0.144. The molecule has 0 aromatic rings. The molecule has 0 radical (unpaired) electrons. The summed E-state index contributed by atoms with van der Waals surface area (Å²) < 4.78 is 13.6. The lowest BCUT2D eigenvalue weighted by molar-refractivity contribution is -0.115. The van der Waals surface area contributed by atoms with Crippen molar-refractivity contribution in [1.29, 1.82) is 0 Å². The van der Waals surface area contributed by atoms with Gasteiger partial charge >= 0.3 is 0 Å². The first-order valence-electron chi connectivity index (χ1n) is 4.93. The molecule has 0 bridgehead atoms. The van der Waals surface area contributed by atoms with Crippen LogP contribution in [0, 0.1) is 11.8 Å². The van der Waals surface area contributed by atoms with Gasteiger partial charge in [-0.3, -0.25) is 0 Å². The summed E-state index contributed by atoms with van der Waals surface area (Å²) in [5.74, 6) is 1.45. The number of ether oxygens (including phenoxy) is 2. The van der Waals surface area contributed by atoms with Crippen molar-refractivity contribution in [3.8, 4) is 0 Å². The van der Waals surface area contributed by atoms with Gasteiger partial charge in [0.25, 0.3) is 0 Å². The first-order valence-corrected chi connectivity index (χ1v) is 6.18. The van der Waals surface area contributed by atoms with Gasteiger partial charge in [0.05, 0.1) is 12.7 Å². The standard InChI is InChI=1S/C10H13IO2/c11-5-6-3-8-7-1-2-12-10(7)13-9(8)4-6/h5,7-10H,1-4H2/b6-5+/t7-,8+,9+,10+/m0/s1. The van der Waals surface area contributed by atoms with Gasteiger partial charge in [-0.05, 0) is 29.3 Å². The van der Waals surface area contributed by atoms with Gasteiger partial charge < -0.3 is 9.47 Å². The number of halogens is 1. The van der Waals surface area contributed by atoms with Gasteiger partial charge in [0.1, 0.15) is 0 Å². The first-order chi connectivity index (χ1) is 6.38. The zero-order valence-corrected chi connectivity index (χ0v) is 9.57. The average molecular weight is 292 g/mol. The zero-order valence-electron chi connectivity index (χ0n) is 7.41. The maximum atomic E-state index is 5.87. The van der Waals surface area contributed by atoms with E-state index in [0.717, 1.165) is 18.9 Å². The van der Waals surface area contributed by atoms with Crippen LogP contribution in [-0.4, -0.2) is 19.0 Å². The lowest BCUT2D eigenvalue weighted by atomic mass is 9.90. The zero-order chi connectivity index (χ0) is 8.84. The Morgan fingerprint density at radius 2 is 2.23 bits per heavy atom. The van der Waals surface area contributed by atoms with Crippen LogP contribution in [0.25, 0.3) is 0 Å². The van der Waals surface area contributed by atoms with Crippen LogP contribution in [0.1, 0.15) is 19.3 Å². The van der Waals surface area contributed by atoms with E-state index in [0.29, 0.717) is 12.0 Å².